The van der Waals surface area contributed by atoms with Crippen molar-refractivity contribution in [2.24, 2.45) is 5.92 Å². The highest BCUT2D eigenvalue weighted by atomic mass is 19.1. The molecule has 1 aromatic carbocycles. The third-order valence-electron chi connectivity index (χ3n) is 9.55. The van der Waals surface area contributed by atoms with Gasteiger partial charge in [-0.2, -0.15) is 0 Å². The number of carbonyl (C=O) groups excluding carboxylic acids is 1. The molecule has 0 radical (unpaired) electrons. The number of nitrogens with zero attached hydrogens (tertiary/aromatic N) is 3. The molecule has 2 aliphatic rings. The molecular formula is C32H44FN5O4. The number of aliphatic hydroxyl groups is 1. The molecule has 2 fully saturated rings. The van der Waals surface area contributed by atoms with E-state index < -0.39 is 11.9 Å². The van der Waals surface area contributed by atoms with Gasteiger partial charge in [0, 0.05) is 54.5 Å². The van der Waals surface area contributed by atoms with Crippen molar-refractivity contribution in [3.8, 4) is 5.75 Å². The van der Waals surface area contributed by atoms with Crippen LogP contribution in [-0.4, -0.2) is 82.6 Å². The average molecular weight is 582 g/mol. The molecule has 1 unspecified atom stereocenters. The zero-order valence-electron chi connectivity index (χ0n) is 25.4. The Labute approximate surface area is 246 Å². The molecule has 2 aromatic heterocycles. The van der Waals surface area contributed by atoms with Gasteiger partial charge in [0.05, 0.1) is 24.8 Å². The van der Waals surface area contributed by atoms with E-state index in [0.29, 0.717) is 67.5 Å². The predicted octanol–water partition coefficient (Wildman–Crippen LogP) is 3.91. The fraction of sp³-hybridized carbons (Fsp3) is 0.562. The highest BCUT2D eigenvalue weighted by Crippen LogP contribution is 2.38. The number of rotatable bonds is 8. The summed E-state index contributed by atoms with van der Waals surface area (Å²) in [5.41, 5.74) is 1.65. The Kier molecular flexibility index (Phi) is 8.78. The van der Waals surface area contributed by atoms with Crippen molar-refractivity contribution in [2.75, 3.05) is 40.3 Å². The Bertz CT molecular complexity index is 1480. The van der Waals surface area contributed by atoms with Crippen LogP contribution in [0.5, 0.6) is 5.75 Å². The number of pyridine rings is 1. The van der Waals surface area contributed by atoms with Crippen LogP contribution in [0.2, 0.25) is 0 Å². The van der Waals surface area contributed by atoms with E-state index in [2.05, 4.69) is 26.7 Å². The van der Waals surface area contributed by atoms with Gasteiger partial charge in [-0.3, -0.25) is 14.5 Å². The Balaban J connectivity index is 1.32. The van der Waals surface area contributed by atoms with Gasteiger partial charge >= 0.3 is 0 Å². The summed E-state index contributed by atoms with van der Waals surface area (Å²) in [4.78, 5) is 33.0. The number of ether oxygens (including phenoxy) is 1. The van der Waals surface area contributed by atoms with Crippen LogP contribution in [0.15, 0.2) is 35.1 Å². The first-order valence-corrected chi connectivity index (χ1v) is 15.0. The number of carbonyl (C=O) groups is 1. The largest absolute Gasteiger partial charge is 0.496 e. The van der Waals surface area contributed by atoms with E-state index in [1.54, 1.807) is 13.0 Å². The molecular weight excluding hydrogens is 537 g/mol. The number of halogens is 1. The Morgan fingerprint density at radius 1 is 1.19 bits per heavy atom. The first-order valence-electron chi connectivity index (χ1n) is 15.0. The zero-order valence-corrected chi connectivity index (χ0v) is 25.4. The first kappa shape index (κ1) is 30.3. The summed E-state index contributed by atoms with van der Waals surface area (Å²) in [6, 6.07) is 9.74. The van der Waals surface area contributed by atoms with Crippen LogP contribution in [0.1, 0.15) is 66.0 Å². The number of benzene rings is 1. The highest BCUT2D eigenvalue weighted by Gasteiger charge is 2.44. The Morgan fingerprint density at radius 3 is 2.52 bits per heavy atom. The molecule has 2 atom stereocenters. The lowest BCUT2D eigenvalue weighted by atomic mass is 9.86. The van der Waals surface area contributed by atoms with Gasteiger partial charge < -0.3 is 29.6 Å². The van der Waals surface area contributed by atoms with E-state index >= 15 is 4.39 Å². The number of piperidine rings is 2. The normalized spacial score (nSPS) is 20.0. The zero-order chi connectivity index (χ0) is 30.2. The van der Waals surface area contributed by atoms with E-state index in [4.69, 9.17) is 4.74 Å². The van der Waals surface area contributed by atoms with Crippen LogP contribution < -0.4 is 15.6 Å². The molecule has 0 spiro atoms. The minimum atomic E-state index is -1.56. The highest BCUT2D eigenvalue weighted by molar-refractivity contribution is 6.08. The van der Waals surface area contributed by atoms with Crippen molar-refractivity contribution < 1.29 is 19.0 Å². The van der Waals surface area contributed by atoms with Gasteiger partial charge in [-0.1, -0.05) is 18.2 Å². The van der Waals surface area contributed by atoms with Crippen molar-refractivity contribution in [1.29, 1.82) is 0 Å². The van der Waals surface area contributed by atoms with Crippen LogP contribution >= 0.6 is 0 Å². The molecule has 5 rings (SSSR count). The van der Waals surface area contributed by atoms with E-state index in [0.717, 1.165) is 29.4 Å². The molecule has 42 heavy (non-hydrogen) atoms. The second kappa shape index (κ2) is 12.2. The number of likely N-dealkylation sites (tertiary alicyclic amines) is 2. The smallest absolute Gasteiger partial charge is 0.256 e. The maximum absolute atomic E-state index is 15.6. The first-order chi connectivity index (χ1) is 20.0. The molecule has 0 bridgehead atoms. The fourth-order valence-corrected chi connectivity index (χ4v) is 6.93. The second-order valence-electron chi connectivity index (χ2n) is 12.2. The Hall–Kier alpha value is -3.21. The number of aryl methyl sites for hydroxylation is 1. The number of aromatic nitrogens is 2. The van der Waals surface area contributed by atoms with Crippen LogP contribution in [0, 0.1) is 19.8 Å². The van der Waals surface area contributed by atoms with Gasteiger partial charge in [0.25, 0.3) is 11.5 Å². The van der Waals surface area contributed by atoms with Crippen LogP contribution in [0.4, 0.5) is 4.39 Å². The molecule has 4 heterocycles. The number of alkyl halides is 1. The van der Waals surface area contributed by atoms with E-state index in [1.807, 2.05) is 43.1 Å². The molecule has 3 N–H and O–H groups in total. The molecule has 0 saturated carbocycles. The maximum Gasteiger partial charge on any atom is 0.256 e. The molecule has 10 heteroatoms. The minimum absolute atomic E-state index is 0.0409. The van der Waals surface area contributed by atoms with Crippen LogP contribution in [0.3, 0.4) is 0 Å². The average Bonchev–Trinajstić information content (AvgIpc) is 3.28. The molecule has 1 amide bonds. The van der Waals surface area contributed by atoms with Crippen molar-refractivity contribution >= 4 is 16.8 Å². The summed E-state index contributed by atoms with van der Waals surface area (Å²) in [6.07, 6.45) is 1.29. The second-order valence-corrected chi connectivity index (χ2v) is 12.2. The van der Waals surface area contributed by atoms with Crippen molar-refractivity contribution in [3.63, 3.8) is 0 Å². The summed E-state index contributed by atoms with van der Waals surface area (Å²) in [5, 5.41) is 14.8. The molecule has 9 nitrogen and oxygen atoms in total. The van der Waals surface area contributed by atoms with Crippen LogP contribution in [0.25, 0.3) is 10.9 Å². The lowest BCUT2D eigenvalue weighted by Gasteiger charge is -2.45. The number of aromatic amines is 1. The monoisotopic (exact) mass is 581 g/mol. The minimum Gasteiger partial charge on any atom is -0.496 e. The van der Waals surface area contributed by atoms with Crippen molar-refractivity contribution in [2.45, 2.75) is 70.9 Å². The summed E-state index contributed by atoms with van der Waals surface area (Å²) in [5.74, 6) is 0.499. The van der Waals surface area contributed by atoms with Gasteiger partial charge in [0.2, 0.25) is 0 Å². The lowest BCUT2D eigenvalue weighted by molar-refractivity contribution is -0.137. The molecule has 228 valence electrons. The van der Waals surface area contributed by atoms with Gasteiger partial charge in [-0.25, -0.2) is 4.39 Å². The SMILES string of the molecule is COc1cc(C)[nH]c(=O)c1CNC(=O)c1c(C)n([C@H](C)C2CCN(C(O)C3(F)CCN(C)CC3)CC2)c2ccccc12. The third-order valence-corrected chi connectivity index (χ3v) is 9.55. The number of amides is 1. The number of methoxy groups -OCH3 is 1. The summed E-state index contributed by atoms with van der Waals surface area (Å²) in [6.45, 7) is 8.56. The van der Waals surface area contributed by atoms with Crippen LogP contribution in [-0.2, 0) is 6.54 Å². The number of hydrogen-bond acceptors (Lipinski definition) is 6. The van der Waals surface area contributed by atoms with E-state index in [-0.39, 0.29) is 24.1 Å². The molecule has 2 saturated heterocycles. The van der Waals surface area contributed by atoms with Gasteiger partial charge in [-0.15, -0.1) is 0 Å². The molecule has 3 aromatic rings. The van der Waals surface area contributed by atoms with E-state index in [9.17, 15) is 14.7 Å². The lowest BCUT2D eigenvalue weighted by Crippen LogP contribution is -2.56. The summed E-state index contributed by atoms with van der Waals surface area (Å²) >= 11 is 0. The van der Waals surface area contributed by atoms with Gasteiger partial charge in [0.1, 0.15) is 12.0 Å². The Morgan fingerprint density at radius 2 is 1.86 bits per heavy atom. The quantitative estimate of drug-likeness (QED) is 0.373. The number of nitrogens with one attached hydrogen (secondary N) is 2. The van der Waals surface area contributed by atoms with E-state index in [1.165, 1.54) is 7.11 Å². The third kappa shape index (κ3) is 5.72. The number of aliphatic hydroxyl groups excluding tert-OH is 1. The predicted molar refractivity (Wildman–Crippen MR) is 162 cm³/mol. The van der Waals surface area contributed by atoms with Gasteiger partial charge in [-0.05, 0) is 71.6 Å². The molecule has 0 aliphatic carbocycles. The van der Waals surface area contributed by atoms with Crippen molar-refractivity contribution in [3.05, 3.63) is 63.2 Å². The molecule has 2 aliphatic heterocycles. The van der Waals surface area contributed by atoms with Crippen molar-refractivity contribution in [1.82, 2.24) is 24.7 Å². The maximum atomic E-state index is 15.6. The standard InChI is InChI=1S/C32H44FN5O4/c1-20-18-27(42-5)25(29(39)35-20)19-34-30(40)28-22(3)38(26-9-7-6-8-24(26)28)21(2)23-10-14-37(15-11-23)31(41)32(33)12-16-36(4)17-13-32/h6-9,18,21,23,31,41H,10-17,19H2,1-5H3,(H,34,40)(H,35,39)/t21-,31?/m1/s1. The number of para-hydroxylation sites is 1. The number of hydrogen-bond donors (Lipinski definition) is 3. The topological polar surface area (TPSA) is 103 Å². The number of fused-ring (bicyclic) bond motifs is 1. The fourth-order valence-electron chi connectivity index (χ4n) is 6.93. The van der Waals surface area contributed by atoms with Gasteiger partial charge in [0.15, 0.2) is 5.67 Å². The summed E-state index contributed by atoms with van der Waals surface area (Å²) < 4.78 is 23.3. The number of H-pyrrole nitrogens is 1. The summed E-state index contributed by atoms with van der Waals surface area (Å²) in [7, 11) is 3.50.